The molecule has 1 aliphatic rings. The molecular formula is C31H25Br3N2O4S. The van der Waals surface area contributed by atoms with Crippen molar-refractivity contribution in [2.75, 3.05) is 6.61 Å². The number of aromatic nitrogens is 1. The SMILES string of the molecule is CCOC(=O)C1=C(C)N=c2s/c(=C/c3cc(Br)c(OCc4ccc(Br)cc4)c(Br)c3)c(=O)n2[C@H]1c1ccc(C)cc1. The molecule has 0 amide bonds. The summed E-state index contributed by atoms with van der Waals surface area (Å²) >= 11 is 12.0. The van der Waals surface area contributed by atoms with Crippen LogP contribution in [0, 0.1) is 6.92 Å². The second kappa shape index (κ2) is 12.6. The van der Waals surface area contributed by atoms with Crippen LogP contribution < -0.4 is 19.6 Å². The van der Waals surface area contributed by atoms with E-state index in [0.29, 0.717) is 33.0 Å². The Balaban J connectivity index is 1.54. The number of benzene rings is 3. The standard InChI is InChI=1S/C31H25Br3N2O4S/c1-4-39-30(38)26-18(3)35-31-36(27(26)21-9-5-17(2)6-10-21)29(37)25(41-31)15-20-13-23(33)28(24(34)14-20)40-16-19-7-11-22(32)12-8-19/h5-15,27H,4,16H2,1-3H3/b25-15+/t27-/m0/s1. The van der Waals surface area contributed by atoms with E-state index in [1.807, 2.05) is 73.7 Å². The molecule has 6 nitrogen and oxygen atoms in total. The molecule has 210 valence electrons. The number of hydrogen-bond donors (Lipinski definition) is 0. The quantitative estimate of drug-likeness (QED) is 0.191. The molecule has 1 atom stereocenters. The molecule has 5 rings (SSSR count). The molecule has 1 aromatic heterocycles. The highest BCUT2D eigenvalue weighted by atomic mass is 79.9. The minimum absolute atomic E-state index is 0.226. The molecule has 1 aliphatic heterocycles. The summed E-state index contributed by atoms with van der Waals surface area (Å²) < 4.78 is 16.1. The Bertz CT molecular complexity index is 1820. The zero-order valence-corrected chi connectivity index (χ0v) is 28.0. The third kappa shape index (κ3) is 6.35. The third-order valence-corrected chi connectivity index (χ3v) is 9.21. The fourth-order valence-electron chi connectivity index (χ4n) is 4.54. The summed E-state index contributed by atoms with van der Waals surface area (Å²) in [6.07, 6.45) is 1.83. The second-order valence-corrected chi connectivity index (χ2v) is 13.1. The molecule has 0 radical (unpaired) electrons. The van der Waals surface area contributed by atoms with E-state index in [1.165, 1.54) is 11.3 Å². The first-order chi connectivity index (χ1) is 19.7. The first-order valence-electron chi connectivity index (χ1n) is 12.8. The maximum absolute atomic E-state index is 13.9. The first-order valence-corrected chi connectivity index (χ1v) is 16.0. The normalized spacial score (nSPS) is 15.0. The molecule has 0 unspecified atom stereocenters. The Labute approximate surface area is 266 Å². The average Bonchev–Trinajstić information content (AvgIpc) is 3.23. The number of esters is 1. The van der Waals surface area contributed by atoms with Crippen molar-refractivity contribution in [3.8, 4) is 5.75 Å². The van der Waals surface area contributed by atoms with Gasteiger partial charge in [-0.2, -0.15) is 0 Å². The van der Waals surface area contributed by atoms with Crippen LogP contribution in [0.15, 0.2) is 95.1 Å². The van der Waals surface area contributed by atoms with Gasteiger partial charge in [0, 0.05) is 4.47 Å². The Morgan fingerprint density at radius 2 is 1.68 bits per heavy atom. The van der Waals surface area contributed by atoms with Crippen molar-refractivity contribution >= 4 is 71.2 Å². The number of nitrogens with zero attached hydrogens (tertiary/aromatic N) is 2. The number of thiazole rings is 1. The molecule has 4 aromatic rings. The lowest BCUT2D eigenvalue weighted by Crippen LogP contribution is -2.39. The number of fused-ring (bicyclic) bond motifs is 1. The Kier molecular flexibility index (Phi) is 9.13. The lowest BCUT2D eigenvalue weighted by molar-refractivity contribution is -0.139. The minimum Gasteiger partial charge on any atom is -0.487 e. The number of rotatable bonds is 7. The number of allylic oxidation sites excluding steroid dienone is 1. The number of carbonyl (C=O) groups excluding carboxylic acids is 1. The highest BCUT2D eigenvalue weighted by Crippen LogP contribution is 2.36. The van der Waals surface area contributed by atoms with E-state index in [1.54, 1.807) is 18.4 Å². The average molecular weight is 761 g/mol. The van der Waals surface area contributed by atoms with Crippen LogP contribution in [0.25, 0.3) is 6.08 Å². The number of ether oxygens (including phenoxy) is 2. The monoisotopic (exact) mass is 758 g/mol. The van der Waals surface area contributed by atoms with Crippen LogP contribution in [0.1, 0.15) is 42.1 Å². The van der Waals surface area contributed by atoms with Crippen LogP contribution in [0.3, 0.4) is 0 Å². The smallest absolute Gasteiger partial charge is 0.338 e. The highest BCUT2D eigenvalue weighted by molar-refractivity contribution is 9.11. The molecule has 0 N–H and O–H groups in total. The van der Waals surface area contributed by atoms with E-state index in [9.17, 15) is 9.59 Å². The lowest BCUT2D eigenvalue weighted by Gasteiger charge is -2.24. The van der Waals surface area contributed by atoms with Gasteiger partial charge < -0.3 is 9.47 Å². The van der Waals surface area contributed by atoms with Gasteiger partial charge in [0.1, 0.15) is 12.4 Å². The second-order valence-electron chi connectivity index (χ2n) is 9.44. The molecule has 0 spiro atoms. The topological polar surface area (TPSA) is 69.9 Å². The van der Waals surface area contributed by atoms with E-state index in [0.717, 1.165) is 35.7 Å². The summed E-state index contributed by atoms with van der Waals surface area (Å²) in [6.45, 7) is 6.18. The summed E-state index contributed by atoms with van der Waals surface area (Å²) in [7, 11) is 0. The van der Waals surface area contributed by atoms with Crippen molar-refractivity contribution in [3.05, 3.63) is 127 Å². The summed E-state index contributed by atoms with van der Waals surface area (Å²) in [4.78, 5) is 32.1. The van der Waals surface area contributed by atoms with Gasteiger partial charge in [-0.3, -0.25) is 9.36 Å². The van der Waals surface area contributed by atoms with E-state index in [-0.39, 0.29) is 12.2 Å². The Morgan fingerprint density at radius 1 is 1.02 bits per heavy atom. The zero-order chi connectivity index (χ0) is 29.3. The highest BCUT2D eigenvalue weighted by Gasteiger charge is 2.33. The van der Waals surface area contributed by atoms with E-state index in [4.69, 9.17) is 9.47 Å². The van der Waals surface area contributed by atoms with Gasteiger partial charge in [0.2, 0.25) is 0 Å². The molecule has 0 saturated carbocycles. The lowest BCUT2D eigenvalue weighted by atomic mass is 9.95. The van der Waals surface area contributed by atoms with Crippen LogP contribution in [0.2, 0.25) is 0 Å². The van der Waals surface area contributed by atoms with Crippen molar-refractivity contribution in [3.63, 3.8) is 0 Å². The molecule has 0 bridgehead atoms. The third-order valence-electron chi connectivity index (χ3n) is 6.52. The first kappa shape index (κ1) is 29.7. The van der Waals surface area contributed by atoms with Gasteiger partial charge in [0.05, 0.1) is 37.4 Å². The molecule has 41 heavy (non-hydrogen) atoms. The number of aryl methyl sites for hydroxylation is 1. The molecule has 2 heterocycles. The van der Waals surface area contributed by atoms with E-state index < -0.39 is 12.0 Å². The van der Waals surface area contributed by atoms with Crippen LogP contribution >= 0.6 is 59.1 Å². The maximum Gasteiger partial charge on any atom is 0.338 e. The van der Waals surface area contributed by atoms with Gasteiger partial charge in [-0.25, -0.2) is 9.79 Å². The molecule has 3 aromatic carbocycles. The Hall–Kier alpha value is -2.79. The van der Waals surface area contributed by atoms with Gasteiger partial charge in [-0.1, -0.05) is 69.2 Å². The van der Waals surface area contributed by atoms with E-state index >= 15 is 0 Å². The van der Waals surface area contributed by atoms with Crippen LogP contribution in [0.4, 0.5) is 0 Å². The molecule has 0 aliphatic carbocycles. The molecule has 10 heteroatoms. The van der Waals surface area contributed by atoms with Crippen molar-refractivity contribution in [1.29, 1.82) is 0 Å². The predicted octanol–water partition coefficient (Wildman–Crippen LogP) is 6.97. The predicted molar refractivity (Wildman–Crippen MR) is 172 cm³/mol. The molecular weight excluding hydrogens is 736 g/mol. The van der Waals surface area contributed by atoms with Crippen molar-refractivity contribution in [1.82, 2.24) is 4.57 Å². The fourth-order valence-corrected chi connectivity index (χ4v) is 7.31. The number of hydrogen-bond acceptors (Lipinski definition) is 6. The maximum atomic E-state index is 13.9. The largest absolute Gasteiger partial charge is 0.487 e. The van der Waals surface area contributed by atoms with Crippen molar-refractivity contribution in [2.24, 2.45) is 4.99 Å². The van der Waals surface area contributed by atoms with Gasteiger partial charge in [-0.05, 0) is 99.7 Å². The molecule has 0 fully saturated rings. The van der Waals surface area contributed by atoms with Crippen LogP contribution in [0.5, 0.6) is 5.75 Å². The fraction of sp³-hybridized carbons (Fsp3) is 0.194. The van der Waals surface area contributed by atoms with E-state index in [2.05, 4.69) is 52.8 Å². The van der Waals surface area contributed by atoms with Gasteiger partial charge in [-0.15, -0.1) is 0 Å². The van der Waals surface area contributed by atoms with Crippen LogP contribution in [-0.2, 0) is 16.1 Å². The van der Waals surface area contributed by atoms with Gasteiger partial charge in [0.25, 0.3) is 5.56 Å². The van der Waals surface area contributed by atoms with Gasteiger partial charge in [0.15, 0.2) is 4.80 Å². The summed E-state index contributed by atoms with van der Waals surface area (Å²) in [5.41, 5.74) is 4.43. The van der Waals surface area contributed by atoms with Gasteiger partial charge >= 0.3 is 5.97 Å². The van der Waals surface area contributed by atoms with Crippen LogP contribution in [-0.4, -0.2) is 17.1 Å². The Morgan fingerprint density at radius 3 is 2.32 bits per heavy atom. The number of halogens is 3. The summed E-state index contributed by atoms with van der Waals surface area (Å²) in [5.74, 6) is 0.195. The summed E-state index contributed by atoms with van der Waals surface area (Å²) in [6, 6.07) is 19.0. The molecule has 0 saturated heterocycles. The summed E-state index contributed by atoms with van der Waals surface area (Å²) in [5, 5.41) is 0. The van der Waals surface area contributed by atoms with Crippen molar-refractivity contribution < 1.29 is 14.3 Å². The zero-order valence-electron chi connectivity index (χ0n) is 22.4. The minimum atomic E-state index is -0.638. The van der Waals surface area contributed by atoms with Crippen molar-refractivity contribution in [2.45, 2.75) is 33.4 Å². The number of carbonyl (C=O) groups is 1.